The van der Waals surface area contributed by atoms with E-state index in [1.54, 1.807) is 0 Å². The fraction of sp³-hybridized carbons (Fsp3) is 0.966. The summed E-state index contributed by atoms with van der Waals surface area (Å²) in [5.74, 6) is -0.0173. The molecule has 0 rings (SSSR count). The van der Waals surface area contributed by atoms with Gasteiger partial charge in [-0.1, -0.05) is 303 Å². The molecule has 0 bridgehead atoms. The van der Waals surface area contributed by atoms with Gasteiger partial charge in [-0.2, -0.15) is 0 Å². The van der Waals surface area contributed by atoms with Gasteiger partial charge >= 0.3 is 5.97 Å². The second-order valence-electron chi connectivity index (χ2n) is 20.7. The van der Waals surface area contributed by atoms with E-state index in [0.29, 0.717) is 25.9 Å². The lowest BCUT2D eigenvalue weighted by Crippen LogP contribution is -2.45. The summed E-state index contributed by atoms with van der Waals surface area (Å²) in [6.45, 7) is 4.97. The zero-order valence-corrected chi connectivity index (χ0v) is 44.3. The van der Waals surface area contributed by atoms with Crippen molar-refractivity contribution >= 4 is 11.9 Å². The monoisotopic (exact) mass is 920 g/mol. The topological polar surface area (TPSA) is 95.9 Å². The molecule has 388 valence electrons. The summed E-state index contributed by atoms with van der Waals surface area (Å²) >= 11 is 0. The first-order chi connectivity index (χ1) is 32.0. The van der Waals surface area contributed by atoms with Crippen molar-refractivity contribution in [2.24, 2.45) is 0 Å². The van der Waals surface area contributed by atoms with E-state index in [0.717, 1.165) is 38.5 Å². The fourth-order valence-electron chi connectivity index (χ4n) is 9.58. The molecule has 1 amide bonds. The molecule has 0 heterocycles. The van der Waals surface area contributed by atoms with Gasteiger partial charge in [0, 0.05) is 12.8 Å². The molecule has 6 nitrogen and oxygen atoms in total. The first-order valence-electron chi connectivity index (χ1n) is 29.8. The molecule has 0 spiro atoms. The number of carbonyl (C=O) groups excluding carboxylic acids is 2. The highest BCUT2D eigenvalue weighted by Gasteiger charge is 2.20. The van der Waals surface area contributed by atoms with Crippen molar-refractivity contribution in [1.29, 1.82) is 0 Å². The lowest BCUT2D eigenvalue weighted by atomic mass is 10.0. The lowest BCUT2D eigenvalue weighted by Gasteiger charge is -2.22. The van der Waals surface area contributed by atoms with Crippen molar-refractivity contribution in [3.05, 3.63) is 0 Å². The highest BCUT2D eigenvalue weighted by molar-refractivity contribution is 5.76. The zero-order chi connectivity index (χ0) is 47.2. The molecule has 65 heavy (non-hydrogen) atoms. The third-order valence-electron chi connectivity index (χ3n) is 14.2. The normalized spacial score (nSPS) is 12.5. The van der Waals surface area contributed by atoms with E-state index in [9.17, 15) is 19.8 Å². The van der Waals surface area contributed by atoms with E-state index < -0.39 is 12.1 Å². The summed E-state index contributed by atoms with van der Waals surface area (Å²) in [6, 6.07) is -0.539. The Kier molecular flexibility index (Phi) is 54.5. The van der Waals surface area contributed by atoms with Crippen LogP contribution in [0.2, 0.25) is 0 Å². The van der Waals surface area contributed by atoms with Crippen LogP contribution in [0.15, 0.2) is 0 Å². The predicted molar refractivity (Wildman–Crippen MR) is 283 cm³/mol. The van der Waals surface area contributed by atoms with E-state index in [1.165, 1.54) is 270 Å². The molecule has 0 saturated heterocycles. The van der Waals surface area contributed by atoms with Gasteiger partial charge in [0.2, 0.25) is 5.91 Å². The first-order valence-corrected chi connectivity index (χ1v) is 29.8. The van der Waals surface area contributed by atoms with Gasteiger partial charge in [-0.25, -0.2) is 0 Å². The van der Waals surface area contributed by atoms with Gasteiger partial charge in [-0.3, -0.25) is 9.59 Å². The Morgan fingerprint density at radius 3 is 0.938 bits per heavy atom. The smallest absolute Gasteiger partial charge is 0.305 e. The van der Waals surface area contributed by atoms with E-state index in [-0.39, 0.29) is 18.5 Å². The summed E-state index contributed by atoms with van der Waals surface area (Å²) in [5.41, 5.74) is 0. The number of amides is 1. The van der Waals surface area contributed by atoms with Crippen LogP contribution in [0.1, 0.15) is 341 Å². The Balaban J connectivity index is 3.33. The maximum atomic E-state index is 12.4. The number of ether oxygens (including phenoxy) is 1. The van der Waals surface area contributed by atoms with Gasteiger partial charge in [-0.05, 0) is 25.7 Å². The van der Waals surface area contributed by atoms with E-state index in [1.807, 2.05) is 0 Å². The predicted octanol–water partition coefficient (Wildman–Crippen LogP) is 18.3. The minimum Gasteiger partial charge on any atom is -0.466 e. The standard InChI is InChI=1S/C59H117NO5/c1-3-5-7-9-11-13-15-16-25-29-33-37-41-45-49-53-59(64)65-54-50-46-42-38-34-30-27-24-22-20-18-17-19-21-23-26-28-32-36-40-44-48-52-58(63)60-56(55-61)57(62)51-47-43-39-35-31-14-12-10-8-6-4-2/h56-57,61-62H,3-55H2,1-2H3,(H,60,63). The highest BCUT2D eigenvalue weighted by atomic mass is 16.5. The fourth-order valence-corrected chi connectivity index (χ4v) is 9.58. The minimum absolute atomic E-state index is 0.0169. The van der Waals surface area contributed by atoms with Gasteiger partial charge in [-0.15, -0.1) is 0 Å². The van der Waals surface area contributed by atoms with Crippen molar-refractivity contribution in [2.45, 2.75) is 353 Å². The average molecular weight is 921 g/mol. The molecule has 2 atom stereocenters. The van der Waals surface area contributed by atoms with Crippen molar-refractivity contribution in [3.63, 3.8) is 0 Å². The molecular formula is C59H117NO5. The number of hydrogen-bond donors (Lipinski definition) is 3. The number of carbonyl (C=O) groups is 2. The maximum Gasteiger partial charge on any atom is 0.305 e. The molecule has 0 aliphatic rings. The Morgan fingerprint density at radius 2 is 0.631 bits per heavy atom. The van der Waals surface area contributed by atoms with Gasteiger partial charge < -0.3 is 20.3 Å². The molecule has 0 radical (unpaired) electrons. The summed E-state index contributed by atoms with van der Waals surface area (Å²) in [5, 5.41) is 23.2. The SMILES string of the molecule is CCCCCCCCCCCCCCCCCC(=O)OCCCCCCCCCCCCCCCCCCCCCCCCC(=O)NC(CO)C(O)CCCCCCCCCCCCC. The molecule has 3 N–H and O–H groups in total. The second kappa shape index (κ2) is 55.5. The van der Waals surface area contributed by atoms with Gasteiger partial charge in [0.1, 0.15) is 0 Å². The van der Waals surface area contributed by atoms with Crippen LogP contribution in [-0.2, 0) is 14.3 Å². The van der Waals surface area contributed by atoms with Gasteiger partial charge in [0.15, 0.2) is 0 Å². The lowest BCUT2D eigenvalue weighted by molar-refractivity contribution is -0.143. The third-order valence-corrected chi connectivity index (χ3v) is 14.2. The summed E-state index contributed by atoms with van der Waals surface area (Å²) < 4.78 is 5.49. The second-order valence-corrected chi connectivity index (χ2v) is 20.7. The molecule has 0 aliphatic heterocycles. The number of aliphatic hydroxyl groups is 2. The number of hydrogen-bond acceptors (Lipinski definition) is 5. The summed E-state index contributed by atoms with van der Waals surface area (Å²) in [6.07, 6.45) is 63.9. The molecular weight excluding hydrogens is 803 g/mol. The Labute approximate surface area is 406 Å². The van der Waals surface area contributed by atoms with Crippen molar-refractivity contribution in [3.8, 4) is 0 Å². The van der Waals surface area contributed by atoms with Crippen LogP contribution in [0, 0.1) is 0 Å². The van der Waals surface area contributed by atoms with Crippen LogP contribution >= 0.6 is 0 Å². The van der Waals surface area contributed by atoms with Crippen LogP contribution in [0.3, 0.4) is 0 Å². The summed E-state index contributed by atoms with van der Waals surface area (Å²) in [4.78, 5) is 24.5. The van der Waals surface area contributed by atoms with Crippen molar-refractivity contribution in [2.75, 3.05) is 13.2 Å². The highest BCUT2D eigenvalue weighted by Crippen LogP contribution is 2.18. The molecule has 0 saturated carbocycles. The molecule has 0 fully saturated rings. The number of aliphatic hydroxyl groups excluding tert-OH is 2. The molecule has 0 aromatic heterocycles. The zero-order valence-electron chi connectivity index (χ0n) is 44.3. The third kappa shape index (κ3) is 52.1. The molecule has 0 aromatic rings. The largest absolute Gasteiger partial charge is 0.466 e. The Bertz CT molecular complexity index is 928. The summed E-state index contributed by atoms with van der Waals surface area (Å²) in [7, 11) is 0. The number of rotatable bonds is 56. The van der Waals surface area contributed by atoms with Gasteiger partial charge in [0.05, 0.1) is 25.4 Å². The van der Waals surface area contributed by atoms with Crippen LogP contribution in [0.25, 0.3) is 0 Å². The van der Waals surface area contributed by atoms with Crippen LogP contribution in [0.4, 0.5) is 0 Å². The first kappa shape index (κ1) is 63.9. The molecule has 6 heteroatoms. The van der Waals surface area contributed by atoms with E-state index in [4.69, 9.17) is 4.74 Å². The Hall–Kier alpha value is -1.14. The molecule has 0 aliphatic carbocycles. The van der Waals surface area contributed by atoms with Crippen molar-refractivity contribution < 1.29 is 24.5 Å². The van der Waals surface area contributed by atoms with E-state index in [2.05, 4.69) is 19.2 Å². The van der Waals surface area contributed by atoms with Crippen LogP contribution in [0.5, 0.6) is 0 Å². The number of nitrogens with one attached hydrogen (secondary N) is 1. The van der Waals surface area contributed by atoms with Gasteiger partial charge in [0.25, 0.3) is 0 Å². The minimum atomic E-state index is -0.661. The average Bonchev–Trinajstić information content (AvgIpc) is 3.31. The molecule has 2 unspecified atom stereocenters. The number of unbranched alkanes of at least 4 members (excludes halogenated alkanes) is 45. The van der Waals surface area contributed by atoms with E-state index >= 15 is 0 Å². The quantitative estimate of drug-likeness (QED) is 0.0417. The number of esters is 1. The van der Waals surface area contributed by atoms with Crippen LogP contribution in [-0.4, -0.2) is 47.4 Å². The maximum absolute atomic E-state index is 12.4. The Morgan fingerprint density at radius 1 is 0.369 bits per heavy atom. The van der Waals surface area contributed by atoms with Crippen LogP contribution < -0.4 is 5.32 Å². The molecule has 0 aromatic carbocycles. The van der Waals surface area contributed by atoms with Crippen molar-refractivity contribution in [1.82, 2.24) is 5.32 Å².